The van der Waals surface area contributed by atoms with Crippen molar-refractivity contribution in [2.45, 2.75) is 58.2 Å². The Labute approximate surface area is 136 Å². The predicted molar refractivity (Wildman–Crippen MR) is 98.8 cm³/mol. The Bertz CT molecular complexity index is 553. The van der Waals surface area contributed by atoms with Crippen LogP contribution < -0.4 is 5.32 Å². The minimum Gasteiger partial charge on any atom is -0.348 e. The van der Waals surface area contributed by atoms with Gasteiger partial charge < -0.3 is 8.67 Å². The van der Waals surface area contributed by atoms with Crippen LogP contribution in [0.3, 0.4) is 0 Å². The first-order valence-corrected chi connectivity index (χ1v) is 9.65. The zero-order valence-corrected chi connectivity index (χ0v) is 15.9. The lowest BCUT2D eigenvalue weighted by Crippen LogP contribution is -2.60. The maximum atomic E-state index is 16.4. The van der Waals surface area contributed by atoms with Crippen molar-refractivity contribution in [3.8, 4) is 0 Å². The van der Waals surface area contributed by atoms with E-state index in [9.17, 15) is 0 Å². The lowest BCUT2D eigenvalue weighted by atomic mass is 10.2. The number of allylic oxidation sites excluding steroid dienone is 4. The van der Waals surface area contributed by atoms with Gasteiger partial charge in [-0.2, -0.15) is 0 Å². The Morgan fingerprint density at radius 3 is 2.14 bits per heavy atom. The number of halogens is 1. The first-order chi connectivity index (χ1) is 9.99. The molecule has 0 aliphatic heterocycles. The van der Waals surface area contributed by atoms with Crippen molar-refractivity contribution >= 4 is 13.7 Å². The third-order valence-electron chi connectivity index (χ3n) is 4.20. The molecule has 0 aliphatic rings. The lowest BCUT2D eigenvalue weighted by molar-refractivity contribution is 0.529. The lowest BCUT2D eigenvalue weighted by Gasteiger charge is -2.45. The third kappa shape index (κ3) is 3.35. The van der Waals surface area contributed by atoms with Crippen LogP contribution in [0.4, 0.5) is 4.11 Å². The molecule has 0 N–H and O–H groups in total. The summed E-state index contributed by atoms with van der Waals surface area (Å²) in [5.74, 6) is 0. The van der Waals surface area contributed by atoms with Gasteiger partial charge >= 0.3 is 8.41 Å². The highest BCUT2D eigenvalue weighted by Gasteiger charge is 2.58. The van der Waals surface area contributed by atoms with Crippen molar-refractivity contribution in [3.05, 3.63) is 55.3 Å². The topological polar surface area (TPSA) is 4.93 Å². The van der Waals surface area contributed by atoms with Crippen LogP contribution in [0.1, 0.15) is 41.5 Å². The van der Waals surface area contributed by atoms with Gasteiger partial charge in [-0.25, -0.2) is 0 Å². The average Bonchev–Trinajstić information content (AvgIpc) is 2.82. The summed E-state index contributed by atoms with van der Waals surface area (Å²) in [4.78, 5) is 0. The van der Waals surface area contributed by atoms with Crippen molar-refractivity contribution in [1.29, 1.82) is 0 Å². The molecule has 0 amide bonds. The van der Waals surface area contributed by atoms with Crippen molar-refractivity contribution < 1.29 is 4.11 Å². The highest BCUT2D eigenvalue weighted by molar-refractivity contribution is 6.90. The maximum Gasteiger partial charge on any atom is 0.304 e. The van der Waals surface area contributed by atoms with Crippen LogP contribution in [-0.2, 0) is 6.54 Å². The van der Waals surface area contributed by atoms with Gasteiger partial charge in [-0.3, -0.25) is 0 Å². The molecule has 3 heteroatoms. The van der Waals surface area contributed by atoms with E-state index in [-0.39, 0.29) is 10.1 Å². The number of hydrogen-bond acceptors (Lipinski definition) is 0. The van der Waals surface area contributed by atoms with Gasteiger partial charge in [-0.05, 0) is 27.8 Å². The normalized spacial score (nSPS) is 14.0. The Hall–Kier alpha value is -1.35. The SMILES string of the molecule is C=C/C=C(\C=C)Cn1cccc1[Si](F)(C(C)(C)C)C(C)(C)C. The molecular weight excluding hydrogens is 289 g/mol. The molecule has 0 spiro atoms. The van der Waals surface area contributed by atoms with E-state index in [2.05, 4.69) is 13.2 Å². The van der Waals surface area contributed by atoms with E-state index < -0.39 is 8.41 Å². The molecular formula is C19H30FNSi. The molecule has 0 aromatic carbocycles. The Kier molecular flexibility index (Phi) is 5.45. The summed E-state index contributed by atoms with van der Waals surface area (Å²) in [5, 5.41) is 0.0969. The van der Waals surface area contributed by atoms with Gasteiger partial charge in [-0.15, -0.1) is 0 Å². The minimum absolute atomic E-state index is 0.377. The molecule has 0 bridgehead atoms. The van der Waals surface area contributed by atoms with Crippen molar-refractivity contribution in [2.24, 2.45) is 0 Å². The monoisotopic (exact) mass is 319 g/mol. The van der Waals surface area contributed by atoms with E-state index in [1.807, 2.05) is 70.5 Å². The fourth-order valence-corrected chi connectivity index (χ4v) is 7.95. The van der Waals surface area contributed by atoms with E-state index in [0.717, 1.165) is 10.9 Å². The molecule has 0 aliphatic carbocycles. The molecule has 0 radical (unpaired) electrons. The molecule has 1 heterocycles. The van der Waals surface area contributed by atoms with E-state index in [0.29, 0.717) is 6.54 Å². The zero-order valence-electron chi connectivity index (χ0n) is 14.9. The summed E-state index contributed by atoms with van der Waals surface area (Å²) in [5.41, 5.74) is 1.03. The fourth-order valence-electron chi connectivity index (χ4n) is 3.29. The summed E-state index contributed by atoms with van der Waals surface area (Å²) in [6.07, 6.45) is 7.44. The second-order valence-corrected chi connectivity index (χ2v) is 12.7. The van der Waals surface area contributed by atoms with Crippen LogP contribution in [0.5, 0.6) is 0 Å². The highest BCUT2D eigenvalue weighted by Crippen LogP contribution is 2.51. The van der Waals surface area contributed by atoms with Crippen LogP contribution in [0.2, 0.25) is 10.1 Å². The molecule has 0 fully saturated rings. The van der Waals surface area contributed by atoms with Crippen molar-refractivity contribution in [2.75, 3.05) is 0 Å². The minimum atomic E-state index is -3.25. The average molecular weight is 320 g/mol. The second kappa shape index (κ2) is 6.41. The zero-order chi connectivity index (χ0) is 17.2. The molecule has 0 unspecified atom stereocenters. The van der Waals surface area contributed by atoms with E-state index in [1.54, 1.807) is 12.2 Å². The van der Waals surface area contributed by atoms with Crippen molar-refractivity contribution in [3.63, 3.8) is 0 Å². The van der Waals surface area contributed by atoms with Crippen LogP contribution in [0.25, 0.3) is 0 Å². The van der Waals surface area contributed by atoms with E-state index in [1.165, 1.54) is 0 Å². The Morgan fingerprint density at radius 1 is 1.18 bits per heavy atom. The molecule has 1 nitrogen and oxygen atoms in total. The smallest absolute Gasteiger partial charge is 0.304 e. The number of aromatic nitrogens is 1. The predicted octanol–water partition coefficient (Wildman–Crippen LogP) is 5.51. The van der Waals surface area contributed by atoms with E-state index in [4.69, 9.17) is 0 Å². The molecule has 0 saturated heterocycles. The molecule has 1 aromatic heterocycles. The quantitative estimate of drug-likeness (QED) is 0.383. The van der Waals surface area contributed by atoms with Crippen LogP contribution in [0.15, 0.2) is 55.3 Å². The Morgan fingerprint density at radius 2 is 1.73 bits per heavy atom. The largest absolute Gasteiger partial charge is 0.348 e. The van der Waals surface area contributed by atoms with E-state index >= 15 is 4.11 Å². The van der Waals surface area contributed by atoms with Crippen LogP contribution in [0, 0.1) is 0 Å². The number of hydrogen-bond donors (Lipinski definition) is 0. The molecule has 122 valence electrons. The van der Waals surface area contributed by atoms with Gasteiger partial charge in [0.05, 0.1) is 0 Å². The van der Waals surface area contributed by atoms with Gasteiger partial charge in [0.1, 0.15) is 0 Å². The fraction of sp³-hybridized carbons (Fsp3) is 0.474. The van der Waals surface area contributed by atoms with Gasteiger partial charge in [0.15, 0.2) is 0 Å². The number of nitrogens with zero attached hydrogens (tertiary/aromatic N) is 1. The summed E-state index contributed by atoms with van der Waals surface area (Å²) < 4.78 is 18.5. The van der Waals surface area contributed by atoms with Gasteiger partial charge in [0.2, 0.25) is 0 Å². The first kappa shape index (κ1) is 18.7. The number of rotatable bonds is 5. The van der Waals surface area contributed by atoms with Crippen LogP contribution in [-0.4, -0.2) is 13.0 Å². The molecule has 0 saturated carbocycles. The summed E-state index contributed by atoms with van der Waals surface area (Å²) in [7, 11) is -3.25. The summed E-state index contributed by atoms with van der Waals surface area (Å²) in [6, 6.07) is 3.90. The standard InChI is InChI=1S/C19H30FNSi/c1-9-12-16(10-2)15-21-14-11-13-17(21)22(20,18(3,4)5)19(6,7)8/h9-14H,1-2,15H2,3-8H3/b16-12+. The first-order valence-electron chi connectivity index (χ1n) is 7.77. The maximum absolute atomic E-state index is 16.4. The molecule has 0 atom stereocenters. The summed E-state index contributed by atoms with van der Waals surface area (Å²) >= 11 is 0. The summed E-state index contributed by atoms with van der Waals surface area (Å²) in [6.45, 7) is 20.3. The van der Waals surface area contributed by atoms with Crippen molar-refractivity contribution in [1.82, 2.24) is 4.57 Å². The highest BCUT2D eigenvalue weighted by atomic mass is 28.4. The van der Waals surface area contributed by atoms with Crippen LogP contribution >= 0.6 is 0 Å². The van der Waals surface area contributed by atoms with Gasteiger partial charge in [-0.1, -0.05) is 72.9 Å². The molecule has 1 aromatic rings. The van der Waals surface area contributed by atoms with Gasteiger partial charge in [0, 0.05) is 18.1 Å². The Balaban J connectivity index is 3.43. The molecule has 22 heavy (non-hydrogen) atoms. The second-order valence-electron chi connectivity index (χ2n) is 7.86. The van der Waals surface area contributed by atoms with Gasteiger partial charge in [0.25, 0.3) is 0 Å². The molecule has 1 rings (SSSR count). The third-order valence-corrected chi connectivity index (χ3v) is 9.49.